The van der Waals surface area contributed by atoms with Crippen molar-refractivity contribution in [2.75, 3.05) is 0 Å². The van der Waals surface area contributed by atoms with Crippen LogP contribution in [-0.2, 0) is 18.3 Å². The van der Waals surface area contributed by atoms with Crippen LogP contribution in [0.3, 0.4) is 0 Å². The zero-order valence-corrected chi connectivity index (χ0v) is 9.67. The first-order valence-electron chi connectivity index (χ1n) is 2.12. The molecular weight excluding hydrogens is 266 g/mol. The van der Waals surface area contributed by atoms with Crippen molar-refractivity contribution in [3.63, 3.8) is 0 Å². The molecule has 1 aromatic rings. The molecule has 0 bridgehead atoms. The molecule has 0 aliphatic heterocycles. The van der Waals surface area contributed by atoms with E-state index in [9.17, 15) is 0 Å². The predicted octanol–water partition coefficient (Wildman–Crippen LogP) is 0.872. The quantitative estimate of drug-likeness (QED) is 0.504. The van der Waals surface area contributed by atoms with Crippen LogP contribution in [0.1, 0.15) is 0 Å². The van der Waals surface area contributed by atoms with Crippen LogP contribution in [0.15, 0.2) is 24.4 Å². The third-order valence-electron chi connectivity index (χ3n) is 0.726. The van der Waals surface area contributed by atoms with Gasteiger partial charge >= 0.3 is 52.0 Å². The molecule has 0 radical (unpaired) electrons. The fraction of sp³-hybridized carbons (Fsp3) is 0. The van der Waals surface area contributed by atoms with Gasteiger partial charge in [-0.2, -0.15) is 0 Å². The summed E-state index contributed by atoms with van der Waals surface area (Å²) in [5.74, 6) is 0. The normalized spacial score (nSPS) is 7.75. The van der Waals surface area contributed by atoms with Crippen molar-refractivity contribution in [2.24, 2.45) is 0 Å². The van der Waals surface area contributed by atoms with Crippen LogP contribution in [-0.4, -0.2) is 4.98 Å². The molecule has 0 spiro atoms. The van der Waals surface area contributed by atoms with Gasteiger partial charge in [0.15, 0.2) is 0 Å². The van der Waals surface area contributed by atoms with Crippen LogP contribution in [0.2, 0.25) is 0 Å². The van der Waals surface area contributed by atoms with Crippen molar-refractivity contribution in [3.05, 3.63) is 24.4 Å². The number of hydrogen-bond acceptors (Lipinski definition) is 1. The molecule has 0 fully saturated rings. The second-order valence-electron chi connectivity index (χ2n) is 1.32. The molecule has 0 saturated carbocycles. The van der Waals surface area contributed by atoms with Gasteiger partial charge in [0.2, 0.25) is 0 Å². The Morgan fingerprint density at radius 1 is 1.38 bits per heavy atom. The minimum absolute atomic E-state index is 0. The predicted molar refractivity (Wildman–Crippen MR) is 39.3 cm³/mol. The van der Waals surface area contributed by atoms with Crippen molar-refractivity contribution in [1.29, 1.82) is 0 Å². The Kier molecular flexibility index (Phi) is 4.67. The summed E-state index contributed by atoms with van der Waals surface area (Å²) in [6.07, 6.45) is 1.82. The van der Waals surface area contributed by atoms with Crippen LogP contribution in [0.5, 0.6) is 0 Å². The summed E-state index contributed by atoms with van der Waals surface area (Å²) in [5, 5.41) is 0. The van der Waals surface area contributed by atoms with Gasteiger partial charge in [0.1, 0.15) is 0 Å². The van der Waals surface area contributed by atoms with E-state index in [2.05, 4.69) is 4.98 Å². The van der Waals surface area contributed by atoms with Gasteiger partial charge in [-0.1, -0.05) is 0 Å². The van der Waals surface area contributed by atoms with Gasteiger partial charge in [0.25, 0.3) is 0 Å². The first kappa shape index (κ1) is 8.50. The monoisotopic (exact) mass is 270 g/mol. The maximum absolute atomic E-state index is 4.03. The van der Waals surface area contributed by atoms with Crippen LogP contribution in [0, 0.1) is 0 Å². The van der Waals surface area contributed by atoms with Crippen LogP contribution in [0.4, 0.5) is 0 Å². The summed E-state index contributed by atoms with van der Waals surface area (Å²) in [6, 6.07) is 5.96. The number of pyridine rings is 1. The molecule has 8 heavy (non-hydrogen) atoms. The first-order valence-corrected chi connectivity index (χ1v) is 3.61. The fourth-order valence-corrected chi connectivity index (χ4v) is 0.905. The van der Waals surface area contributed by atoms with E-state index >= 15 is 0 Å². The van der Waals surface area contributed by atoms with Crippen molar-refractivity contribution in [1.82, 2.24) is 4.98 Å². The van der Waals surface area contributed by atoms with Crippen molar-refractivity contribution in [3.8, 4) is 0 Å². The van der Waals surface area contributed by atoms with Crippen molar-refractivity contribution >= 4 is 28.3 Å². The van der Waals surface area contributed by atoms with Gasteiger partial charge in [-0.3, -0.25) is 0 Å². The van der Waals surface area contributed by atoms with E-state index in [1.54, 1.807) is 0 Å². The van der Waals surface area contributed by atoms with Gasteiger partial charge in [-0.15, -0.1) is 24.0 Å². The number of aromatic nitrogens is 1. The van der Waals surface area contributed by atoms with Gasteiger partial charge in [-0.05, 0) is 0 Å². The molecular formula is C5H5INZn. The Morgan fingerprint density at radius 2 is 2.12 bits per heavy atom. The summed E-state index contributed by atoms with van der Waals surface area (Å²) < 4.78 is 1.20. The molecule has 1 nitrogen and oxygen atoms in total. The van der Waals surface area contributed by atoms with Gasteiger partial charge < -0.3 is 0 Å². The Bertz CT molecular complexity index is 142. The molecule has 0 N–H and O–H groups in total. The van der Waals surface area contributed by atoms with Gasteiger partial charge in [0, 0.05) is 0 Å². The second-order valence-corrected chi connectivity index (χ2v) is 2.84. The van der Waals surface area contributed by atoms with Gasteiger partial charge in [0.05, 0.1) is 0 Å². The molecule has 1 rings (SSSR count). The first-order chi connectivity index (χ1) is 3.39. The molecule has 0 amide bonds. The molecule has 0 aliphatic rings. The molecule has 0 saturated heterocycles. The number of halogens is 1. The molecule has 0 aromatic carbocycles. The third kappa shape index (κ3) is 2.72. The number of hydrogen-bond donors (Lipinski definition) is 0. The molecule has 39 valence electrons. The molecule has 1 heterocycles. The summed E-state index contributed by atoms with van der Waals surface area (Å²) >= 11 is 1.15. The fourth-order valence-electron chi connectivity index (χ4n) is 0.398. The minimum atomic E-state index is 0. The maximum atomic E-state index is 4.03. The average Bonchev–Trinajstić information content (AvgIpc) is 1.69. The van der Waals surface area contributed by atoms with Crippen molar-refractivity contribution in [2.45, 2.75) is 0 Å². The Morgan fingerprint density at radius 3 is 2.38 bits per heavy atom. The van der Waals surface area contributed by atoms with Crippen LogP contribution >= 0.6 is 24.0 Å². The Hall–Kier alpha value is 0.503. The topological polar surface area (TPSA) is 12.9 Å². The van der Waals surface area contributed by atoms with E-state index in [1.165, 1.54) is 4.29 Å². The van der Waals surface area contributed by atoms with Gasteiger partial charge in [-0.25, -0.2) is 0 Å². The SMILES string of the molecule is I.[Zn][c]1ccccn1. The summed E-state index contributed by atoms with van der Waals surface area (Å²) in [6.45, 7) is 0. The van der Waals surface area contributed by atoms with E-state index in [-0.39, 0.29) is 24.0 Å². The average molecular weight is 271 g/mol. The van der Waals surface area contributed by atoms with E-state index in [0.717, 1.165) is 18.3 Å². The van der Waals surface area contributed by atoms with Crippen LogP contribution in [0.25, 0.3) is 0 Å². The molecule has 0 unspecified atom stereocenters. The summed E-state index contributed by atoms with van der Waals surface area (Å²) in [7, 11) is 0. The molecule has 1 aromatic heterocycles. The standard InChI is InChI=1S/C5H4N.HI.Zn/c1-2-4-6-5-3-1;;/h1-4H;1H;. The number of nitrogens with zero attached hydrogens (tertiary/aromatic N) is 1. The molecule has 3 heteroatoms. The van der Waals surface area contributed by atoms with E-state index in [4.69, 9.17) is 0 Å². The third-order valence-corrected chi connectivity index (χ3v) is 1.60. The molecule has 0 aliphatic carbocycles. The van der Waals surface area contributed by atoms with Crippen LogP contribution < -0.4 is 4.29 Å². The zero-order valence-electron chi connectivity index (χ0n) is 4.37. The Labute approximate surface area is 75.6 Å². The number of rotatable bonds is 0. The second kappa shape index (κ2) is 4.39. The van der Waals surface area contributed by atoms with E-state index < -0.39 is 0 Å². The van der Waals surface area contributed by atoms with Crippen molar-refractivity contribution < 1.29 is 18.3 Å². The summed E-state index contributed by atoms with van der Waals surface area (Å²) in [4.78, 5) is 4.03. The molecule has 0 atom stereocenters. The zero-order chi connectivity index (χ0) is 5.11. The summed E-state index contributed by atoms with van der Waals surface area (Å²) in [5.41, 5.74) is 0. The Balaban J connectivity index is 0.000000490. The van der Waals surface area contributed by atoms with E-state index in [1.807, 2.05) is 24.4 Å². The van der Waals surface area contributed by atoms with E-state index in [0.29, 0.717) is 0 Å².